The van der Waals surface area contributed by atoms with Crippen molar-refractivity contribution in [3.8, 4) is 0 Å². The van der Waals surface area contributed by atoms with Gasteiger partial charge in [0.15, 0.2) is 0 Å². The van der Waals surface area contributed by atoms with Crippen molar-refractivity contribution in [3.05, 3.63) is 23.8 Å². The average Bonchev–Trinajstić information content (AvgIpc) is 2.43. The molecule has 0 bridgehead atoms. The minimum absolute atomic E-state index is 0.0844. The first-order valence-corrected chi connectivity index (χ1v) is 7.13. The van der Waals surface area contributed by atoms with Gasteiger partial charge in [-0.1, -0.05) is 6.92 Å². The van der Waals surface area contributed by atoms with Gasteiger partial charge in [-0.3, -0.25) is 4.79 Å². The number of nitrogens with one attached hydrogen (secondary N) is 1. The fourth-order valence-electron chi connectivity index (χ4n) is 2.57. The van der Waals surface area contributed by atoms with Gasteiger partial charge in [-0.15, -0.1) is 0 Å². The number of anilines is 2. The van der Waals surface area contributed by atoms with Gasteiger partial charge in [0.05, 0.1) is 17.5 Å². The highest BCUT2D eigenvalue weighted by molar-refractivity contribution is 5.96. The maximum atomic E-state index is 11.9. The molecule has 0 aromatic heterocycles. The van der Waals surface area contributed by atoms with Crippen LogP contribution in [0.4, 0.5) is 11.4 Å². The van der Waals surface area contributed by atoms with Gasteiger partial charge >= 0.3 is 0 Å². The van der Waals surface area contributed by atoms with E-state index in [1.165, 1.54) is 0 Å². The third-order valence-electron chi connectivity index (χ3n) is 3.83. The number of rotatable bonds is 3. The Morgan fingerprint density at radius 2 is 2.30 bits per heavy atom. The highest BCUT2D eigenvalue weighted by Crippen LogP contribution is 2.29. The number of hydrogen-bond donors (Lipinski definition) is 3. The lowest BCUT2D eigenvalue weighted by atomic mass is 9.96. The Morgan fingerprint density at radius 1 is 1.55 bits per heavy atom. The van der Waals surface area contributed by atoms with Crippen molar-refractivity contribution in [1.29, 1.82) is 0 Å². The molecular weight excluding hydrogens is 254 g/mol. The molecule has 1 aromatic rings. The molecule has 1 aromatic carbocycles. The van der Waals surface area contributed by atoms with E-state index in [0.29, 0.717) is 17.8 Å². The molecule has 2 rings (SSSR count). The fraction of sp³-hybridized carbons (Fsp3) is 0.533. The van der Waals surface area contributed by atoms with Crippen LogP contribution in [0.3, 0.4) is 0 Å². The normalized spacial score (nSPS) is 22.6. The van der Waals surface area contributed by atoms with Gasteiger partial charge in [-0.25, -0.2) is 0 Å². The van der Waals surface area contributed by atoms with Gasteiger partial charge in [-0.2, -0.15) is 0 Å². The van der Waals surface area contributed by atoms with E-state index >= 15 is 0 Å². The second-order valence-electron chi connectivity index (χ2n) is 5.41. The molecule has 1 saturated heterocycles. The number of carbonyl (C=O) groups excluding carboxylic acids is 1. The van der Waals surface area contributed by atoms with Crippen LogP contribution in [0.2, 0.25) is 0 Å². The zero-order valence-electron chi connectivity index (χ0n) is 12.1. The van der Waals surface area contributed by atoms with Crippen LogP contribution in [0.25, 0.3) is 0 Å². The first kappa shape index (κ1) is 14.7. The summed E-state index contributed by atoms with van der Waals surface area (Å²) in [5, 5.41) is 12.6. The Balaban J connectivity index is 2.22. The summed E-state index contributed by atoms with van der Waals surface area (Å²) in [7, 11) is 0. The van der Waals surface area contributed by atoms with Gasteiger partial charge in [0.25, 0.3) is 5.91 Å². The third kappa shape index (κ3) is 3.04. The number of hydrogen-bond acceptors (Lipinski definition) is 4. The highest BCUT2D eigenvalue weighted by Gasteiger charge is 2.25. The number of aliphatic hydroxyl groups is 1. The van der Waals surface area contributed by atoms with E-state index in [1.807, 2.05) is 19.9 Å². The first-order chi connectivity index (χ1) is 9.52. The number of nitrogen functional groups attached to an aromatic ring is 1. The molecular formula is C15H23N3O2. The summed E-state index contributed by atoms with van der Waals surface area (Å²) in [6, 6.07) is 5.35. The molecule has 1 heterocycles. The first-order valence-electron chi connectivity index (χ1n) is 7.13. The number of nitrogens with zero attached hydrogens (tertiary/aromatic N) is 1. The average molecular weight is 277 g/mol. The van der Waals surface area contributed by atoms with Gasteiger partial charge in [0, 0.05) is 25.2 Å². The van der Waals surface area contributed by atoms with Crippen LogP contribution in [-0.2, 0) is 0 Å². The van der Waals surface area contributed by atoms with Crippen LogP contribution in [0.15, 0.2) is 18.2 Å². The third-order valence-corrected chi connectivity index (χ3v) is 3.83. The molecule has 1 amide bonds. The number of amides is 1. The van der Waals surface area contributed by atoms with Crippen LogP contribution in [0, 0.1) is 5.92 Å². The van der Waals surface area contributed by atoms with Crippen molar-refractivity contribution in [2.75, 3.05) is 30.3 Å². The van der Waals surface area contributed by atoms with E-state index in [9.17, 15) is 9.90 Å². The Bertz CT molecular complexity index is 490. The molecule has 4 N–H and O–H groups in total. The van der Waals surface area contributed by atoms with Crippen LogP contribution >= 0.6 is 0 Å². The van der Waals surface area contributed by atoms with Crippen molar-refractivity contribution >= 4 is 17.3 Å². The van der Waals surface area contributed by atoms with E-state index < -0.39 is 0 Å². The van der Waals surface area contributed by atoms with Crippen LogP contribution in [0.1, 0.15) is 30.6 Å². The lowest BCUT2D eigenvalue weighted by Crippen LogP contribution is -2.42. The molecule has 0 spiro atoms. The summed E-state index contributed by atoms with van der Waals surface area (Å²) in [6.07, 6.45) is 0.477. The molecule has 0 radical (unpaired) electrons. The Morgan fingerprint density at radius 3 is 2.95 bits per heavy atom. The Hall–Kier alpha value is -1.75. The van der Waals surface area contributed by atoms with Crippen molar-refractivity contribution in [3.63, 3.8) is 0 Å². The molecule has 0 aliphatic carbocycles. The molecule has 20 heavy (non-hydrogen) atoms. The summed E-state index contributed by atoms with van der Waals surface area (Å²) in [5.41, 5.74) is 8.21. The predicted octanol–water partition coefficient (Wildman–Crippen LogP) is 1.23. The maximum Gasteiger partial charge on any atom is 0.251 e. The van der Waals surface area contributed by atoms with Crippen LogP contribution in [0.5, 0.6) is 0 Å². The van der Waals surface area contributed by atoms with Crippen LogP contribution < -0.4 is 16.0 Å². The van der Waals surface area contributed by atoms with Crippen molar-refractivity contribution < 1.29 is 9.90 Å². The fourth-order valence-corrected chi connectivity index (χ4v) is 2.57. The number of piperidine rings is 1. The highest BCUT2D eigenvalue weighted by atomic mass is 16.3. The molecule has 2 atom stereocenters. The standard InChI is InChI=1S/C15H23N3O2/c1-3-17-15(20)11-4-5-12(16)13(8-11)18-7-6-14(19)10(2)9-18/h4-5,8,10,14,19H,3,6-7,9,16H2,1-2H3,(H,17,20). The van der Waals surface area contributed by atoms with E-state index in [4.69, 9.17) is 5.73 Å². The SMILES string of the molecule is CCNC(=O)c1ccc(N)c(N2CCC(O)C(C)C2)c1. The van der Waals surface area contributed by atoms with E-state index in [1.54, 1.807) is 12.1 Å². The zero-order valence-corrected chi connectivity index (χ0v) is 12.1. The molecule has 1 fully saturated rings. The quantitative estimate of drug-likeness (QED) is 0.726. The van der Waals surface area contributed by atoms with Crippen molar-refractivity contribution in [2.24, 2.45) is 5.92 Å². The summed E-state index contributed by atoms with van der Waals surface area (Å²) < 4.78 is 0. The van der Waals surface area contributed by atoms with Crippen LogP contribution in [-0.4, -0.2) is 36.8 Å². The van der Waals surface area contributed by atoms with Crippen molar-refractivity contribution in [2.45, 2.75) is 26.4 Å². The molecule has 0 saturated carbocycles. The summed E-state index contributed by atoms with van der Waals surface area (Å²) in [5.74, 6) is 0.120. The number of aliphatic hydroxyl groups excluding tert-OH is 1. The summed E-state index contributed by atoms with van der Waals surface area (Å²) in [4.78, 5) is 14.0. The minimum atomic E-state index is -0.251. The minimum Gasteiger partial charge on any atom is -0.397 e. The second kappa shape index (κ2) is 6.13. The lowest BCUT2D eigenvalue weighted by Gasteiger charge is -2.36. The van der Waals surface area contributed by atoms with Gasteiger partial charge < -0.3 is 21.1 Å². The molecule has 5 nitrogen and oxygen atoms in total. The zero-order chi connectivity index (χ0) is 14.7. The smallest absolute Gasteiger partial charge is 0.251 e. The van der Waals surface area contributed by atoms with Crippen molar-refractivity contribution in [1.82, 2.24) is 5.32 Å². The Labute approximate surface area is 119 Å². The molecule has 2 unspecified atom stereocenters. The molecule has 5 heteroatoms. The van der Waals surface area contributed by atoms with E-state index in [0.717, 1.165) is 25.2 Å². The topological polar surface area (TPSA) is 78.6 Å². The van der Waals surface area contributed by atoms with Gasteiger partial charge in [0.2, 0.25) is 0 Å². The van der Waals surface area contributed by atoms with Gasteiger partial charge in [0.1, 0.15) is 0 Å². The predicted molar refractivity (Wildman–Crippen MR) is 80.9 cm³/mol. The Kier molecular flexibility index (Phi) is 4.49. The monoisotopic (exact) mass is 277 g/mol. The number of nitrogens with two attached hydrogens (primary N) is 1. The molecule has 1 aliphatic heterocycles. The maximum absolute atomic E-state index is 11.9. The number of carbonyl (C=O) groups is 1. The lowest BCUT2D eigenvalue weighted by molar-refractivity contribution is 0.0952. The van der Waals surface area contributed by atoms with E-state index in [2.05, 4.69) is 10.2 Å². The summed E-state index contributed by atoms with van der Waals surface area (Å²) >= 11 is 0. The van der Waals surface area contributed by atoms with Gasteiger partial charge in [-0.05, 0) is 37.5 Å². The molecule has 1 aliphatic rings. The second-order valence-corrected chi connectivity index (χ2v) is 5.41. The van der Waals surface area contributed by atoms with E-state index in [-0.39, 0.29) is 17.9 Å². The number of benzene rings is 1. The largest absolute Gasteiger partial charge is 0.397 e. The molecule has 110 valence electrons. The summed E-state index contributed by atoms with van der Waals surface area (Å²) in [6.45, 7) is 6.04.